The van der Waals surface area contributed by atoms with E-state index in [9.17, 15) is 9.18 Å². The van der Waals surface area contributed by atoms with Crippen LogP contribution in [0, 0.1) is 5.82 Å². The molecule has 0 saturated heterocycles. The first-order chi connectivity index (χ1) is 13.6. The minimum Gasteiger partial charge on any atom is -0.323 e. The predicted molar refractivity (Wildman–Crippen MR) is 113 cm³/mol. The molecule has 1 atom stereocenters. The fourth-order valence-corrected chi connectivity index (χ4v) is 4.27. The first-order valence-electron chi connectivity index (χ1n) is 8.64. The number of fused-ring (bicyclic) bond motifs is 1. The lowest BCUT2D eigenvalue weighted by Crippen LogP contribution is -2.23. The summed E-state index contributed by atoms with van der Waals surface area (Å²) < 4.78 is 13.8. The molecule has 140 valence electrons. The van der Waals surface area contributed by atoms with Gasteiger partial charge in [-0.15, -0.1) is 11.3 Å². The lowest BCUT2D eigenvalue weighted by molar-refractivity contribution is -0.115. The van der Waals surface area contributed by atoms with Crippen LogP contribution in [0.25, 0.3) is 21.6 Å². The Morgan fingerprint density at radius 2 is 1.86 bits per heavy atom. The summed E-state index contributed by atoms with van der Waals surface area (Å²) in [6.07, 6.45) is 0. The van der Waals surface area contributed by atoms with Gasteiger partial charge < -0.3 is 5.32 Å². The van der Waals surface area contributed by atoms with Gasteiger partial charge in [0, 0.05) is 5.39 Å². The molecule has 2 heterocycles. The SMILES string of the molecule is CC(Sc1nc(-c2cccs2)nc2ccccc12)C(=O)Nc1ccccc1F. The van der Waals surface area contributed by atoms with Crippen molar-refractivity contribution in [1.29, 1.82) is 0 Å². The Kier molecular flexibility index (Phi) is 5.36. The number of hydrogen-bond acceptors (Lipinski definition) is 5. The quantitative estimate of drug-likeness (QED) is 0.343. The van der Waals surface area contributed by atoms with Gasteiger partial charge in [-0.2, -0.15) is 0 Å². The Labute approximate surface area is 169 Å². The van der Waals surface area contributed by atoms with Gasteiger partial charge in [-0.25, -0.2) is 14.4 Å². The standard InChI is InChI=1S/C21H16FN3OS2/c1-13(20(26)24-17-10-5-3-8-15(17)22)28-21-14-7-2-4-9-16(14)23-19(25-21)18-11-6-12-27-18/h2-13H,1H3,(H,24,26). The number of nitrogens with zero attached hydrogens (tertiary/aromatic N) is 2. The number of aromatic nitrogens is 2. The van der Waals surface area contributed by atoms with Crippen LogP contribution in [0.3, 0.4) is 0 Å². The van der Waals surface area contributed by atoms with E-state index in [4.69, 9.17) is 4.98 Å². The maximum absolute atomic E-state index is 13.8. The molecular weight excluding hydrogens is 393 g/mol. The van der Waals surface area contributed by atoms with E-state index in [-0.39, 0.29) is 11.6 Å². The van der Waals surface area contributed by atoms with Crippen molar-refractivity contribution in [2.75, 3.05) is 5.32 Å². The van der Waals surface area contributed by atoms with E-state index in [0.29, 0.717) is 5.82 Å². The second-order valence-electron chi connectivity index (χ2n) is 6.08. The maximum atomic E-state index is 13.8. The van der Waals surface area contributed by atoms with E-state index < -0.39 is 11.1 Å². The molecular formula is C21H16FN3OS2. The number of nitrogens with one attached hydrogen (secondary N) is 1. The van der Waals surface area contributed by atoms with Gasteiger partial charge in [-0.05, 0) is 36.6 Å². The molecule has 4 aromatic rings. The van der Waals surface area contributed by atoms with E-state index in [0.717, 1.165) is 20.8 Å². The van der Waals surface area contributed by atoms with Crippen molar-refractivity contribution in [2.45, 2.75) is 17.2 Å². The molecule has 1 amide bonds. The molecule has 0 saturated carbocycles. The zero-order valence-electron chi connectivity index (χ0n) is 14.9. The first-order valence-corrected chi connectivity index (χ1v) is 10.4. The Hall–Kier alpha value is -2.77. The zero-order chi connectivity index (χ0) is 19.5. The largest absolute Gasteiger partial charge is 0.323 e. The third kappa shape index (κ3) is 3.90. The summed E-state index contributed by atoms with van der Waals surface area (Å²) in [6, 6.07) is 17.8. The van der Waals surface area contributed by atoms with Crippen LogP contribution in [0.5, 0.6) is 0 Å². The van der Waals surface area contributed by atoms with E-state index >= 15 is 0 Å². The minimum absolute atomic E-state index is 0.173. The zero-order valence-corrected chi connectivity index (χ0v) is 16.6. The number of amides is 1. The monoisotopic (exact) mass is 409 g/mol. The average molecular weight is 410 g/mol. The van der Waals surface area contributed by atoms with Crippen LogP contribution in [-0.4, -0.2) is 21.1 Å². The third-order valence-electron chi connectivity index (χ3n) is 4.10. The van der Waals surface area contributed by atoms with Gasteiger partial charge in [0.15, 0.2) is 5.82 Å². The smallest absolute Gasteiger partial charge is 0.237 e. The number of para-hydroxylation sites is 2. The number of anilines is 1. The van der Waals surface area contributed by atoms with Crippen LogP contribution in [-0.2, 0) is 4.79 Å². The number of benzene rings is 2. The summed E-state index contributed by atoms with van der Waals surface area (Å²) in [4.78, 5) is 22.9. The summed E-state index contributed by atoms with van der Waals surface area (Å²) >= 11 is 2.90. The normalized spacial score (nSPS) is 12.1. The summed E-state index contributed by atoms with van der Waals surface area (Å²) in [6.45, 7) is 1.78. The highest BCUT2D eigenvalue weighted by molar-refractivity contribution is 8.00. The first kappa shape index (κ1) is 18.6. The number of thiophene rings is 1. The van der Waals surface area contributed by atoms with E-state index in [1.54, 1.807) is 36.5 Å². The molecule has 0 fully saturated rings. The van der Waals surface area contributed by atoms with Crippen molar-refractivity contribution in [3.05, 3.63) is 71.9 Å². The van der Waals surface area contributed by atoms with Crippen LogP contribution in [0.2, 0.25) is 0 Å². The number of carbonyl (C=O) groups excluding carboxylic acids is 1. The van der Waals surface area contributed by atoms with E-state index in [1.807, 2.05) is 41.8 Å². The molecule has 4 nitrogen and oxygen atoms in total. The number of thioether (sulfide) groups is 1. The van der Waals surface area contributed by atoms with Gasteiger partial charge in [0.25, 0.3) is 0 Å². The molecule has 1 unspecified atom stereocenters. The molecule has 2 aromatic heterocycles. The highest BCUT2D eigenvalue weighted by atomic mass is 32.2. The van der Waals surface area contributed by atoms with E-state index in [1.165, 1.54) is 17.8 Å². The second-order valence-corrected chi connectivity index (χ2v) is 8.35. The van der Waals surface area contributed by atoms with Gasteiger partial charge in [0.05, 0.1) is 21.3 Å². The highest BCUT2D eigenvalue weighted by Crippen LogP contribution is 2.32. The molecule has 0 aliphatic rings. The lowest BCUT2D eigenvalue weighted by atomic mass is 10.2. The number of halogens is 1. The van der Waals surface area contributed by atoms with Crippen LogP contribution >= 0.6 is 23.1 Å². The van der Waals surface area contributed by atoms with Gasteiger partial charge >= 0.3 is 0 Å². The van der Waals surface area contributed by atoms with Crippen molar-refractivity contribution >= 4 is 45.6 Å². The molecule has 28 heavy (non-hydrogen) atoms. The van der Waals surface area contributed by atoms with Crippen molar-refractivity contribution in [1.82, 2.24) is 9.97 Å². The summed E-state index contributed by atoms with van der Waals surface area (Å²) in [5.41, 5.74) is 0.997. The van der Waals surface area contributed by atoms with Crippen LogP contribution in [0.4, 0.5) is 10.1 Å². The van der Waals surface area contributed by atoms with Crippen molar-refractivity contribution in [3.8, 4) is 10.7 Å². The molecule has 2 aromatic carbocycles. The fourth-order valence-electron chi connectivity index (χ4n) is 2.67. The molecule has 0 spiro atoms. The van der Waals surface area contributed by atoms with Crippen molar-refractivity contribution in [3.63, 3.8) is 0 Å². The Bertz CT molecular complexity index is 1130. The molecule has 0 aliphatic heterocycles. The summed E-state index contributed by atoms with van der Waals surface area (Å²) in [5.74, 6) is -0.103. The summed E-state index contributed by atoms with van der Waals surface area (Å²) in [7, 11) is 0. The van der Waals surface area contributed by atoms with Crippen molar-refractivity contribution in [2.24, 2.45) is 0 Å². The molecule has 0 aliphatic carbocycles. The number of rotatable bonds is 5. The maximum Gasteiger partial charge on any atom is 0.237 e. The third-order valence-corrected chi connectivity index (χ3v) is 6.07. The lowest BCUT2D eigenvalue weighted by Gasteiger charge is -2.14. The van der Waals surface area contributed by atoms with Crippen LogP contribution < -0.4 is 5.32 Å². The molecule has 7 heteroatoms. The topological polar surface area (TPSA) is 54.9 Å². The Morgan fingerprint density at radius 1 is 1.07 bits per heavy atom. The summed E-state index contributed by atoms with van der Waals surface area (Å²) in [5, 5.41) is 5.77. The average Bonchev–Trinajstić information content (AvgIpc) is 3.24. The number of hydrogen-bond donors (Lipinski definition) is 1. The Balaban J connectivity index is 1.63. The highest BCUT2D eigenvalue weighted by Gasteiger charge is 2.19. The van der Waals surface area contributed by atoms with E-state index in [2.05, 4.69) is 10.3 Å². The van der Waals surface area contributed by atoms with Crippen LogP contribution in [0.15, 0.2) is 71.1 Å². The second kappa shape index (κ2) is 8.08. The van der Waals surface area contributed by atoms with Gasteiger partial charge in [-0.3, -0.25) is 4.79 Å². The Morgan fingerprint density at radius 3 is 2.64 bits per heavy atom. The van der Waals surface area contributed by atoms with Gasteiger partial charge in [0.1, 0.15) is 10.8 Å². The van der Waals surface area contributed by atoms with Gasteiger partial charge in [-0.1, -0.05) is 48.2 Å². The molecule has 4 rings (SSSR count). The molecule has 1 N–H and O–H groups in total. The minimum atomic E-state index is -0.464. The van der Waals surface area contributed by atoms with Crippen LogP contribution in [0.1, 0.15) is 6.92 Å². The number of carbonyl (C=O) groups is 1. The molecule has 0 bridgehead atoms. The van der Waals surface area contributed by atoms with Gasteiger partial charge in [0.2, 0.25) is 5.91 Å². The predicted octanol–water partition coefficient (Wildman–Crippen LogP) is 5.62. The van der Waals surface area contributed by atoms with Crippen molar-refractivity contribution < 1.29 is 9.18 Å². The molecule has 0 radical (unpaired) electrons. The fraction of sp³-hybridized carbons (Fsp3) is 0.0952.